The minimum absolute atomic E-state index is 0.0810. The summed E-state index contributed by atoms with van der Waals surface area (Å²) >= 11 is 12.3. The van der Waals surface area contributed by atoms with E-state index in [-0.39, 0.29) is 11.7 Å². The number of hydrogen-bond donors (Lipinski definition) is 1. The maximum atomic E-state index is 13.6. The fourth-order valence-corrected chi connectivity index (χ4v) is 3.75. The molecule has 2 aromatic heterocycles. The van der Waals surface area contributed by atoms with Crippen LogP contribution in [0, 0.1) is 5.82 Å². The van der Waals surface area contributed by atoms with Crippen molar-refractivity contribution >= 4 is 34.1 Å². The molecule has 4 aromatic rings. The van der Waals surface area contributed by atoms with Crippen LogP contribution in [0.3, 0.4) is 0 Å². The lowest BCUT2D eigenvalue weighted by Gasteiger charge is -2.21. The van der Waals surface area contributed by atoms with Crippen molar-refractivity contribution in [1.82, 2.24) is 9.97 Å². The number of fused-ring (bicyclic) bond motifs is 1. The molecule has 140 valence electrons. The molecule has 0 saturated heterocycles. The molecule has 0 fully saturated rings. The summed E-state index contributed by atoms with van der Waals surface area (Å²) in [5.74, 6) is -0.674. The summed E-state index contributed by atoms with van der Waals surface area (Å²) in [6, 6.07) is 15.3. The highest BCUT2D eigenvalue weighted by molar-refractivity contribution is 6.31. The fourth-order valence-electron chi connectivity index (χ4n) is 3.33. The van der Waals surface area contributed by atoms with Gasteiger partial charge in [-0.2, -0.15) is 0 Å². The summed E-state index contributed by atoms with van der Waals surface area (Å²) < 4.78 is 13.6. The quantitative estimate of drug-likeness (QED) is 0.436. The zero-order valence-corrected chi connectivity index (χ0v) is 16.1. The maximum absolute atomic E-state index is 13.6. The van der Waals surface area contributed by atoms with Crippen LogP contribution < -0.4 is 0 Å². The molecule has 4 rings (SSSR count). The van der Waals surface area contributed by atoms with Gasteiger partial charge in [-0.05, 0) is 35.9 Å². The first kappa shape index (κ1) is 18.7. The lowest BCUT2D eigenvalue weighted by atomic mass is 9.86. The first-order valence-corrected chi connectivity index (χ1v) is 9.40. The molecule has 0 amide bonds. The standard InChI is InChI=1S/C22H15Cl2FN2O/c23-14-4-6-16(27-12-14)11-19(17-8-5-15(25)10-20(17)24)18-7-3-13-2-1-9-26-21(13)22(18)28/h1-10,12,19,28H,11H2. The van der Waals surface area contributed by atoms with Gasteiger partial charge in [-0.25, -0.2) is 4.39 Å². The number of aromatic nitrogens is 2. The van der Waals surface area contributed by atoms with E-state index in [2.05, 4.69) is 9.97 Å². The van der Waals surface area contributed by atoms with Crippen molar-refractivity contribution in [2.24, 2.45) is 0 Å². The zero-order valence-electron chi connectivity index (χ0n) is 14.6. The highest BCUT2D eigenvalue weighted by Crippen LogP contribution is 2.40. The summed E-state index contributed by atoms with van der Waals surface area (Å²) in [5.41, 5.74) is 2.63. The third kappa shape index (κ3) is 3.66. The molecular weight excluding hydrogens is 398 g/mol. The van der Waals surface area contributed by atoms with Gasteiger partial charge in [0.05, 0.1) is 5.02 Å². The Kier molecular flexibility index (Phi) is 5.16. The fraction of sp³-hybridized carbons (Fsp3) is 0.0909. The molecule has 0 aliphatic heterocycles. The average molecular weight is 413 g/mol. The lowest BCUT2D eigenvalue weighted by molar-refractivity contribution is 0.469. The molecule has 0 aliphatic carbocycles. The molecule has 1 N–H and O–H groups in total. The minimum atomic E-state index is -0.415. The Morgan fingerprint density at radius 2 is 1.79 bits per heavy atom. The highest BCUT2D eigenvalue weighted by Gasteiger charge is 2.23. The predicted molar refractivity (Wildman–Crippen MR) is 110 cm³/mol. The molecule has 28 heavy (non-hydrogen) atoms. The number of phenolic OH excluding ortho intramolecular Hbond substituents is 1. The van der Waals surface area contributed by atoms with E-state index in [1.165, 1.54) is 12.1 Å². The lowest BCUT2D eigenvalue weighted by Crippen LogP contribution is -2.08. The first-order chi connectivity index (χ1) is 13.5. The Morgan fingerprint density at radius 1 is 0.964 bits per heavy atom. The molecule has 3 nitrogen and oxygen atoms in total. The monoisotopic (exact) mass is 412 g/mol. The van der Waals surface area contributed by atoms with E-state index >= 15 is 0 Å². The maximum Gasteiger partial charge on any atom is 0.145 e. The SMILES string of the molecule is Oc1c(C(Cc2ccc(Cl)cn2)c2ccc(F)cc2Cl)ccc2cccnc12. The number of hydrogen-bond acceptors (Lipinski definition) is 3. The molecule has 0 saturated carbocycles. The van der Waals surface area contributed by atoms with Gasteiger partial charge in [0.25, 0.3) is 0 Å². The molecule has 0 spiro atoms. The van der Waals surface area contributed by atoms with Gasteiger partial charge in [-0.15, -0.1) is 0 Å². The number of rotatable bonds is 4. The van der Waals surface area contributed by atoms with Gasteiger partial charge in [0.2, 0.25) is 0 Å². The van der Waals surface area contributed by atoms with E-state index in [1.54, 1.807) is 24.5 Å². The van der Waals surface area contributed by atoms with Crippen LogP contribution in [-0.2, 0) is 6.42 Å². The second-order valence-electron chi connectivity index (χ2n) is 6.47. The third-order valence-corrected chi connectivity index (χ3v) is 5.25. The van der Waals surface area contributed by atoms with E-state index in [0.29, 0.717) is 33.1 Å². The molecule has 2 aromatic carbocycles. The smallest absolute Gasteiger partial charge is 0.145 e. The van der Waals surface area contributed by atoms with Crippen molar-refractivity contribution in [3.8, 4) is 5.75 Å². The van der Waals surface area contributed by atoms with Gasteiger partial charge in [-0.1, -0.05) is 47.5 Å². The van der Waals surface area contributed by atoms with E-state index in [1.807, 2.05) is 30.3 Å². The van der Waals surface area contributed by atoms with E-state index in [0.717, 1.165) is 11.1 Å². The summed E-state index contributed by atoms with van der Waals surface area (Å²) in [6.07, 6.45) is 3.66. The molecule has 2 heterocycles. The van der Waals surface area contributed by atoms with E-state index in [9.17, 15) is 9.50 Å². The molecule has 0 bridgehead atoms. The van der Waals surface area contributed by atoms with E-state index < -0.39 is 5.82 Å². The number of aromatic hydroxyl groups is 1. The summed E-state index contributed by atoms with van der Waals surface area (Å²) in [6.45, 7) is 0. The molecule has 6 heteroatoms. The average Bonchev–Trinajstić information content (AvgIpc) is 2.69. The van der Waals surface area contributed by atoms with Crippen molar-refractivity contribution < 1.29 is 9.50 Å². The number of pyridine rings is 2. The van der Waals surface area contributed by atoms with Gasteiger partial charge in [0, 0.05) is 46.4 Å². The van der Waals surface area contributed by atoms with Gasteiger partial charge < -0.3 is 5.11 Å². The Hall–Kier alpha value is -2.69. The molecule has 0 radical (unpaired) electrons. The molecule has 1 atom stereocenters. The van der Waals surface area contributed by atoms with Crippen LogP contribution in [-0.4, -0.2) is 15.1 Å². The summed E-state index contributed by atoms with van der Waals surface area (Å²) in [5, 5.41) is 12.6. The van der Waals surface area contributed by atoms with E-state index in [4.69, 9.17) is 23.2 Å². The van der Waals surface area contributed by atoms with Crippen LogP contribution >= 0.6 is 23.2 Å². The van der Waals surface area contributed by atoms with Gasteiger partial charge in [-0.3, -0.25) is 9.97 Å². The minimum Gasteiger partial charge on any atom is -0.505 e. The predicted octanol–water partition coefficient (Wildman–Crippen LogP) is 6.16. The summed E-state index contributed by atoms with van der Waals surface area (Å²) in [7, 11) is 0. The second kappa shape index (κ2) is 7.74. The van der Waals surface area contributed by atoms with Crippen LogP contribution in [0.2, 0.25) is 10.0 Å². The van der Waals surface area contributed by atoms with Crippen molar-refractivity contribution in [3.63, 3.8) is 0 Å². The van der Waals surface area contributed by atoms with Crippen LogP contribution in [0.25, 0.3) is 10.9 Å². The first-order valence-electron chi connectivity index (χ1n) is 8.65. The van der Waals surface area contributed by atoms with Crippen LogP contribution in [0.1, 0.15) is 22.7 Å². The third-order valence-electron chi connectivity index (χ3n) is 4.69. The van der Waals surface area contributed by atoms with Crippen LogP contribution in [0.5, 0.6) is 5.75 Å². The molecule has 0 aliphatic rings. The number of halogens is 3. The van der Waals surface area contributed by atoms with Gasteiger partial charge in [0.15, 0.2) is 0 Å². The molecule has 1 unspecified atom stereocenters. The van der Waals surface area contributed by atoms with Crippen LogP contribution in [0.15, 0.2) is 67.0 Å². The van der Waals surface area contributed by atoms with Crippen molar-refractivity contribution in [3.05, 3.63) is 99.7 Å². The Labute approximate surface area is 171 Å². The number of benzene rings is 2. The second-order valence-corrected chi connectivity index (χ2v) is 7.31. The Bertz CT molecular complexity index is 1150. The topological polar surface area (TPSA) is 46.0 Å². The zero-order chi connectivity index (χ0) is 19.7. The van der Waals surface area contributed by atoms with Gasteiger partial charge in [0.1, 0.15) is 17.1 Å². The van der Waals surface area contributed by atoms with Crippen molar-refractivity contribution in [2.75, 3.05) is 0 Å². The number of phenols is 1. The largest absolute Gasteiger partial charge is 0.505 e. The summed E-state index contributed by atoms with van der Waals surface area (Å²) in [4.78, 5) is 8.66. The van der Waals surface area contributed by atoms with Crippen molar-refractivity contribution in [2.45, 2.75) is 12.3 Å². The Morgan fingerprint density at radius 3 is 2.54 bits per heavy atom. The van der Waals surface area contributed by atoms with Gasteiger partial charge >= 0.3 is 0 Å². The normalized spacial score (nSPS) is 12.2. The van der Waals surface area contributed by atoms with Crippen molar-refractivity contribution in [1.29, 1.82) is 0 Å². The Balaban J connectivity index is 1.87. The molecular formula is C22H15Cl2FN2O. The number of nitrogens with zero attached hydrogens (tertiary/aromatic N) is 2. The van der Waals surface area contributed by atoms with Crippen LogP contribution in [0.4, 0.5) is 4.39 Å². The highest BCUT2D eigenvalue weighted by atomic mass is 35.5.